The van der Waals surface area contributed by atoms with Gasteiger partial charge in [0.15, 0.2) is 5.54 Å². The molecule has 0 radical (unpaired) electrons. The normalized spacial score (nSPS) is 25.0. The fourth-order valence-electron chi connectivity index (χ4n) is 6.41. The molecule has 6 rings (SSSR count). The first-order chi connectivity index (χ1) is 17.8. The molecule has 3 aromatic carbocycles. The van der Waals surface area contributed by atoms with Crippen LogP contribution in [0.1, 0.15) is 38.8 Å². The predicted octanol–water partition coefficient (Wildman–Crippen LogP) is 6.32. The molecule has 2 fully saturated rings. The summed E-state index contributed by atoms with van der Waals surface area (Å²) in [5.74, 6) is -0.478. The van der Waals surface area contributed by atoms with Crippen molar-refractivity contribution in [1.82, 2.24) is 0 Å². The van der Waals surface area contributed by atoms with Gasteiger partial charge >= 0.3 is 0 Å². The Balaban J connectivity index is 1.56. The van der Waals surface area contributed by atoms with Crippen LogP contribution in [-0.2, 0) is 19.9 Å². The quantitative estimate of drug-likeness (QED) is 0.360. The molecule has 1 spiro atoms. The van der Waals surface area contributed by atoms with Crippen LogP contribution >= 0.6 is 23.2 Å². The highest BCUT2D eigenvalue weighted by Gasteiger charge is 2.77. The maximum Gasteiger partial charge on any atom is 0.260 e. The van der Waals surface area contributed by atoms with E-state index < -0.39 is 22.5 Å². The number of carbonyl (C=O) groups excluding carboxylic acids is 3. The molecule has 2 atom stereocenters. The van der Waals surface area contributed by atoms with E-state index in [-0.39, 0.29) is 17.7 Å². The molecule has 0 saturated carbocycles. The van der Waals surface area contributed by atoms with Crippen LogP contribution in [0.3, 0.4) is 0 Å². The molecule has 3 heterocycles. The SMILES string of the molecule is Cc1ccc2c(c1)[C@]1(C(=O)N2[C@@H]2N(c3ccc(Cl)cc3)C(=O)C2(C)C)N(c2ccc(Cl)cc2)C(=O)C1(C)C. The Kier molecular flexibility index (Phi) is 5.15. The standard InChI is InChI=1S/C30H27Cl2N3O3/c1-17-6-15-23-22(16-17)30(29(4,5)26(37)35(30)21-13-9-19(32)10-14-21)27(38)34(23)24-28(2,3)25(36)33(24)20-11-7-18(31)8-12-20/h6-16,24H,1-5H3/t24-,30+/m0/s1. The third-order valence-corrected chi connectivity index (χ3v) is 8.91. The molecule has 0 N–H and O–H groups in total. The monoisotopic (exact) mass is 547 g/mol. The molecule has 3 aromatic rings. The smallest absolute Gasteiger partial charge is 0.260 e. The third kappa shape index (κ3) is 2.88. The Hall–Kier alpha value is -3.35. The molecule has 0 aromatic heterocycles. The van der Waals surface area contributed by atoms with E-state index in [1.54, 1.807) is 63.2 Å². The number of hydrogen-bond donors (Lipinski definition) is 0. The number of anilines is 3. The van der Waals surface area contributed by atoms with Crippen LogP contribution in [0.15, 0.2) is 66.7 Å². The van der Waals surface area contributed by atoms with Gasteiger partial charge in [-0.3, -0.25) is 29.1 Å². The van der Waals surface area contributed by atoms with Crippen molar-refractivity contribution in [2.75, 3.05) is 14.7 Å². The number of amides is 3. The largest absolute Gasteiger partial charge is 0.291 e. The molecule has 6 nitrogen and oxygen atoms in total. The zero-order chi connectivity index (χ0) is 27.4. The Labute approximate surface area is 231 Å². The lowest BCUT2D eigenvalue weighted by atomic mass is 9.59. The van der Waals surface area contributed by atoms with Crippen molar-refractivity contribution in [3.63, 3.8) is 0 Å². The number of fused-ring (bicyclic) bond motifs is 2. The van der Waals surface area contributed by atoms with E-state index in [4.69, 9.17) is 23.2 Å². The van der Waals surface area contributed by atoms with Crippen LogP contribution in [0.25, 0.3) is 0 Å². The van der Waals surface area contributed by atoms with E-state index in [0.29, 0.717) is 27.1 Å². The minimum atomic E-state index is -1.28. The van der Waals surface area contributed by atoms with Crippen molar-refractivity contribution >= 4 is 58.0 Å². The second kappa shape index (κ2) is 7.84. The molecule has 3 amide bonds. The highest BCUT2D eigenvalue weighted by molar-refractivity contribution is 6.31. The molecular weight excluding hydrogens is 521 g/mol. The number of rotatable bonds is 3. The highest BCUT2D eigenvalue weighted by atomic mass is 35.5. The number of β-lactam (4-membered cyclic amide) rings is 2. The highest BCUT2D eigenvalue weighted by Crippen LogP contribution is 2.64. The van der Waals surface area contributed by atoms with Gasteiger partial charge < -0.3 is 0 Å². The maximum atomic E-state index is 14.9. The second-order valence-corrected chi connectivity index (χ2v) is 12.3. The van der Waals surface area contributed by atoms with Crippen molar-refractivity contribution in [3.8, 4) is 0 Å². The summed E-state index contributed by atoms with van der Waals surface area (Å²) in [7, 11) is 0. The van der Waals surface area contributed by atoms with E-state index in [0.717, 1.165) is 11.1 Å². The molecular formula is C30H27Cl2N3O3. The minimum Gasteiger partial charge on any atom is -0.291 e. The molecule has 0 bridgehead atoms. The maximum absolute atomic E-state index is 14.9. The van der Waals surface area contributed by atoms with E-state index >= 15 is 0 Å². The van der Waals surface area contributed by atoms with Crippen LogP contribution in [0.5, 0.6) is 0 Å². The van der Waals surface area contributed by atoms with Gasteiger partial charge in [-0.05, 0) is 89.2 Å². The zero-order valence-electron chi connectivity index (χ0n) is 21.8. The van der Waals surface area contributed by atoms with Crippen molar-refractivity contribution in [2.45, 2.75) is 46.3 Å². The molecule has 8 heteroatoms. The van der Waals surface area contributed by atoms with Gasteiger partial charge in [-0.1, -0.05) is 40.9 Å². The summed E-state index contributed by atoms with van der Waals surface area (Å²) in [6, 6.07) is 19.9. The lowest BCUT2D eigenvalue weighted by molar-refractivity contribution is -0.154. The van der Waals surface area contributed by atoms with Gasteiger partial charge in [0.2, 0.25) is 11.8 Å². The van der Waals surface area contributed by atoms with Gasteiger partial charge in [0.1, 0.15) is 6.17 Å². The van der Waals surface area contributed by atoms with E-state index in [2.05, 4.69) is 0 Å². The van der Waals surface area contributed by atoms with E-state index in [1.807, 2.05) is 52.8 Å². The summed E-state index contributed by atoms with van der Waals surface area (Å²) in [6.07, 6.45) is -0.594. The first kappa shape index (κ1) is 25.0. The topological polar surface area (TPSA) is 60.9 Å². The molecule has 194 valence electrons. The summed E-state index contributed by atoms with van der Waals surface area (Å²) in [4.78, 5) is 47.0. The Morgan fingerprint density at radius 3 is 1.82 bits per heavy atom. The number of carbonyl (C=O) groups is 3. The number of hydrogen-bond acceptors (Lipinski definition) is 3. The van der Waals surface area contributed by atoms with Gasteiger partial charge in [-0.15, -0.1) is 0 Å². The molecule has 2 saturated heterocycles. The number of benzene rings is 3. The van der Waals surface area contributed by atoms with Crippen molar-refractivity contribution in [2.24, 2.45) is 10.8 Å². The van der Waals surface area contributed by atoms with E-state index in [1.165, 1.54) is 0 Å². The zero-order valence-corrected chi connectivity index (χ0v) is 23.3. The number of nitrogens with zero attached hydrogens (tertiary/aromatic N) is 3. The Morgan fingerprint density at radius 2 is 1.24 bits per heavy atom. The minimum absolute atomic E-state index is 0.0919. The molecule has 0 aliphatic carbocycles. The van der Waals surface area contributed by atoms with Crippen LogP contribution < -0.4 is 14.7 Å². The van der Waals surface area contributed by atoms with Crippen LogP contribution in [0, 0.1) is 17.8 Å². The Morgan fingerprint density at radius 1 is 0.684 bits per heavy atom. The van der Waals surface area contributed by atoms with Gasteiger partial charge in [-0.25, -0.2) is 0 Å². The summed E-state index contributed by atoms with van der Waals surface area (Å²) in [5.41, 5.74) is 0.528. The molecule has 38 heavy (non-hydrogen) atoms. The van der Waals surface area contributed by atoms with Crippen molar-refractivity contribution in [3.05, 3.63) is 87.9 Å². The third-order valence-electron chi connectivity index (χ3n) is 8.40. The fraction of sp³-hybridized carbons (Fsp3) is 0.300. The molecule has 3 aliphatic rings. The average Bonchev–Trinajstić information content (AvgIpc) is 3.13. The average molecular weight is 548 g/mol. The van der Waals surface area contributed by atoms with Crippen LogP contribution in [-0.4, -0.2) is 23.9 Å². The summed E-state index contributed by atoms with van der Waals surface area (Å²) in [6.45, 7) is 9.32. The van der Waals surface area contributed by atoms with E-state index in [9.17, 15) is 14.4 Å². The number of aryl methyl sites for hydroxylation is 1. The lowest BCUT2D eigenvalue weighted by Gasteiger charge is -2.61. The van der Waals surface area contributed by atoms with Gasteiger partial charge in [0.05, 0.1) is 16.5 Å². The van der Waals surface area contributed by atoms with Gasteiger partial charge in [-0.2, -0.15) is 0 Å². The summed E-state index contributed by atoms with van der Waals surface area (Å²) in [5, 5.41) is 1.10. The van der Waals surface area contributed by atoms with Crippen LogP contribution in [0.4, 0.5) is 17.1 Å². The van der Waals surface area contributed by atoms with Gasteiger partial charge in [0, 0.05) is 27.0 Å². The number of halogens is 2. The van der Waals surface area contributed by atoms with Crippen molar-refractivity contribution in [1.29, 1.82) is 0 Å². The molecule has 0 unspecified atom stereocenters. The van der Waals surface area contributed by atoms with Crippen molar-refractivity contribution < 1.29 is 14.4 Å². The first-order valence-electron chi connectivity index (χ1n) is 12.5. The van der Waals surface area contributed by atoms with Crippen LogP contribution in [0.2, 0.25) is 10.0 Å². The second-order valence-electron chi connectivity index (χ2n) is 11.4. The predicted molar refractivity (Wildman–Crippen MR) is 150 cm³/mol. The first-order valence-corrected chi connectivity index (χ1v) is 13.2. The van der Waals surface area contributed by atoms with Gasteiger partial charge in [0.25, 0.3) is 5.91 Å². The lowest BCUT2D eigenvalue weighted by Crippen LogP contribution is -2.80. The molecule has 3 aliphatic heterocycles. The Bertz CT molecular complexity index is 1530. The summed E-state index contributed by atoms with van der Waals surface area (Å²) < 4.78 is 0. The fourth-order valence-corrected chi connectivity index (χ4v) is 6.66. The summed E-state index contributed by atoms with van der Waals surface area (Å²) >= 11 is 12.3.